The molecule has 4 bridgehead atoms. The van der Waals surface area contributed by atoms with E-state index in [2.05, 4.69) is 30.4 Å². The number of nitriles is 3. The molecule has 2 heterocycles. The van der Waals surface area contributed by atoms with Gasteiger partial charge >= 0.3 is 0 Å². The van der Waals surface area contributed by atoms with Gasteiger partial charge in [0.15, 0.2) is 10.8 Å². The fourth-order valence-electron chi connectivity index (χ4n) is 6.47. The third-order valence-electron chi connectivity index (χ3n) is 7.58. The van der Waals surface area contributed by atoms with Crippen LogP contribution >= 0.6 is 0 Å². The maximum absolute atomic E-state index is 10.2. The van der Waals surface area contributed by atoms with Gasteiger partial charge in [-0.3, -0.25) is 5.41 Å². The Labute approximate surface area is 152 Å². The molecule has 0 aromatic rings. The summed E-state index contributed by atoms with van der Waals surface area (Å²) in [7, 11) is 0. The molecule has 1 N–H and O–H groups in total. The molecule has 2 saturated heterocycles. The summed E-state index contributed by atoms with van der Waals surface area (Å²) in [4.78, 5) is 0. The minimum Gasteiger partial charge on any atom is -0.447 e. The molecule has 7 atom stereocenters. The van der Waals surface area contributed by atoms with E-state index in [0.717, 1.165) is 25.7 Å². The van der Waals surface area contributed by atoms with Gasteiger partial charge in [0.2, 0.25) is 11.7 Å². The Balaban J connectivity index is 1.72. The lowest BCUT2D eigenvalue weighted by Gasteiger charge is -2.53. The summed E-state index contributed by atoms with van der Waals surface area (Å²) in [6.07, 6.45) is 8.62. The zero-order valence-electron chi connectivity index (χ0n) is 14.4. The summed E-state index contributed by atoms with van der Waals surface area (Å²) in [5.74, 6) is -0.931. The topological polar surface area (TPSA) is 114 Å². The van der Waals surface area contributed by atoms with Crippen LogP contribution in [0.4, 0.5) is 0 Å². The predicted octanol–water partition coefficient (Wildman–Crippen LogP) is 3.03. The molecule has 2 aliphatic heterocycles. The zero-order valence-corrected chi connectivity index (χ0v) is 14.4. The van der Waals surface area contributed by atoms with Gasteiger partial charge in [-0.05, 0) is 43.4 Å². The number of hydrogen-bond donors (Lipinski definition) is 1. The number of nitrogens with one attached hydrogen (secondary N) is 1. The molecule has 26 heavy (non-hydrogen) atoms. The van der Waals surface area contributed by atoms with Gasteiger partial charge in [0.05, 0.1) is 30.2 Å². The van der Waals surface area contributed by atoms with Crippen molar-refractivity contribution in [3.8, 4) is 18.2 Å². The number of nitrogens with zero attached hydrogens (tertiary/aromatic N) is 3. The molecule has 3 aliphatic carbocycles. The van der Waals surface area contributed by atoms with E-state index in [-0.39, 0.29) is 17.7 Å². The second kappa shape index (κ2) is 4.87. The first-order valence-electron chi connectivity index (χ1n) is 9.45. The Kier molecular flexibility index (Phi) is 2.97. The van der Waals surface area contributed by atoms with Crippen LogP contribution in [0.2, 0.25) is 0 Å². The normalized spacial score (nSPS) is 49.6. The number of allylic oxidation sites excluding steroid dienone is 2. The van der Waals surface area contributed by atoms with Crippen molar-refractivity contribution in [1.82, 2.24) is 0 Å². The molecule has 0 aromatic carbocycles. The molecule has 132 valence electrons. The molecule has 7 unspecified atom stereocenters. The van der Waals surface area contributed by atoms with Crippen LogP contribution in [0.15, 0.2) is 12.2 Å². The molecular weight excluding hydrogens is 328 g/mol. The average Bonchev–Trinajstić information content (AvgIpc) is 3.33. The lowest BCUT2D eigenvalue weighted by atomic mass is 9.50. The average molecular weight is 348 g/mol. The van der Waals surface area contributed by atoms with E-state index in [9.17, 15) is 15.8 Å². The molecule has 0 amide bonds. The van der Waals surface area contributed by atoms with Crippen molar-refractivity contribution in [3.63, 3.8) is 0 Å². The minimum absolute atomic E-state index is 0.0197. The Bertz CT molecular complexity index is 831. The second-order valence-electron chi connectivity index (χ2n) is 8.48. The summed E-state index contributed by atoms with van der Waals surface area (Å²) < 4.78 is 12.4. The molecule has 6 heteroatoms. The lowest BCUT2D eigenvalue weighted by molar-refractivity contribution is -0.303. The van der Waals surface area contributed by atoms with Crippen molar-refractivity contribution in [3.05, 3.63) is 12.2 Å². The Hall–Kier alpha value is -2.36. The van der Waals surface area contributed by atoms with Gasteiger partial charge in [0.25, 0.3) is 0 Å². The van der Waals surface area contributed by atoms with E-state index in [0.29, 0.717) is 18.8 Å². The maximum atomic E-state index is 10.2. The summed E-state index contributed by atoms with van der Waals surface area (Å²) in [5, 5.41) is 39.1. The SMILES string of the molecule is N#CC1(C#N)C(C2CC3C=CC2C3)OC23CCCCC2C1(C#N)C(=N)O3. The number of fused-ring (bicyclic) bond motifs is 2. The smallest absolute Gasteiger partial charge is 0.217 e. The first-order chi connectivity index (χ1) is 12.6. The molecule has 5 rings (SSSR count). The van der Waals surface area contributed by atoms with Crippen LogP contribution < -0.4 is 0 Å². The molecule has 0 aromatic heterocycles. The zero-order chi connectivity index (χ0) is 18.2. The minimum atomic E-state index is -1.70. The van der Waals surface area contributed by atoms with Gasteiger partial charge < -0.3 is 9.47 Å². The van der Waals surface area contributed by atoms with Crippen LogP contribution in [-0.2, 0) is 9.47 Å². The van der Waals surface area contributed by atoms with E-state index < -0.39 is 28.6 Å². The maximum Gasteiger partial charge on any atom is 0.217 e. The Morgan fingerprint density at radius 3 is 2.50 bits per heavy atom. The van der Waals surface area contributed by atoms with Crippen molar-refractivity contribution in [1.29, 1.82) is 21.2 Å². The van der Waals surface area contributed by atoms with Crippen LogP contribution in [0.5, 0.6) is 0 Å². The molecule has 6 nitrogen and oxygen atoms in total. The predicted molar refractivity (Wildman–Crippen MR) is 88.9 cm³/mol. The van der Waals surface area contributed by atoms with Crippen molar-refractivity contribution >= 4 is 5.90 Å². The van der Waals surface area contributed by atoms with Gasteiger partial charge in [0, 0.05) is 6.42 Å². The van der Waals surface area contributed by atoms with Crippen LogP contribution in [0, 0.1) is 73.9 Å². The third kappa shape index (κ3) is 1.49. The van der Waals surface area contributed by atoms with E-state index in [1.807, 2.05) is 0 Å². The molecule has 2 saturated carbocycles. The lowest BCUT2D eigenvalue weighted by Crippen LogP contribution is -2.65. The van der Waals surface area contributed by atoms with Crippen LogP contribution in [0.3, 0.4) is 0 Å². The van der Waals surface area contributed by atoms with Crippen LogP contribution in [-0.4, -0.2) is 17.8 Å². The first kappa shape index (κ1) is 15.9. The quantitative estimate of drug-likeness (QED) is 0.732. The van der Waals surface area contributed by atoms with E-state index in [1.54, 1.807) is 0 Å². The summed E-state index contributed by atoms with van der Waals surface area (Å²) in [6.45, 7) is 0. The summed E-state index contributed by atoms with van der Waals surface area (Å²) in [5.41, 5.74) is -3.24. The highest BCUT2D eigenvalue weighted by Crippen LogP contribution is 2.68. The van der Waals surface area contributed by atoms with E-state index >= 15 is 0 Å². The van der Waals surface area contributed by atoms with E-state index in [4.69, 9.17) is 14.9 Å². The van der Waals surface area contributed by atoms with Crippen molar-refractivity contribution in [2.24, 2.45) is 34.5 Å². The van der Waals surface area contributed by atoms with Crippen LogP contribution in [0.25, 0.3) is 0 Å². The molecule has 0 spiro atoms. The van der Waals surface area contributed by atoms with Gasteiger partial charge in [-0.25, -0.2) is 0 Å². The van der Waals surface area contributed by atoms with Gasteiger partial charge in [-0.1, -0.05) is 18.6 Å². The third-order valence-corrected chi connectivity index (χ3v) is 7.58. The Morgan fingerprint density at radius 2 is 1.88 bits per heavy atom. The highest BCUT2D eigenvalue weighted by Gasteiger charge is 2.81. The summed E-state index contributed by atoms with van der Waals surface area (Å²) in [6, 6.07) is 6.61. The van der Waals surface area contributed by atoms with Crippen molar-refractivity contribution < 1.29 is 9.47 Å². The highest BCUT2D eigenvalue weighted by molar-refractivity contribution is 5.89. The van der Waals surface area contributed by atoms with Crippen LogP contribution in [0.1, 0.15) is 38.5 Å². The monoisotopic (exact) mass is 348 g/mol. The molecule has 0 radical (unpaired) electrons. The fourth-order valence-corrected chi connectivity index (χ4v) is 6.47. The van der Waals surface area contributed by atoms with E-state index in [1.165, 1.54) is 0 Å². The number of rotatable bonds is 1. The van der Waals surface area contributed by atoms with Gasteiger partial charge in [0.1, 0.15) is 0 Å². The molecule has 5 aliphatic rings. The second-order valence-corrected chi connectivity index (χ2v) is 8.48. The first-order valence-corrected chi connectivity index (χ1v) is 9.45. The van der Waals surface area contributed by atoms with Crippen molar-refractivity contribution in [2.45, 2.75) is 50.4 Å². The number of hydrogen-bond acceptors (Lipinski definition) is 6. The van der Waals surface area contributed by atoms with Crippen molar-refractivity contribution in [2.75, 3.05) is 0 Å². The molecular formula is C20H20N4O2. The summed E-state index contributed by atoms with van der Waals surface area (Å²) >= 11 is 0. The van der Waals surface area contributed by atoms with Gasteiger partial charge in [-0.15, -0.1) is 0 Å². The van der Waals surface area contributed by atoms with Gasteiger partial charge in [-0.2, -0.15) is 15.8 Å². The number of ether oxygens (including phenoxy) is 2. The highest BCUT2D eigenvalue weighted by atomic mass is 16.7. The fraction of sp³-hybridized carbons (Fsp3) is 0.700. The Morgan fingerprint density at radius 1 is 1.08 bits per heavy atom. The standard InChI is InChI=1S/C20H20N4O2/c21-9-18(10-22)16(14-8-12-4-5-13(14)7-12)25-20-6-2-1-3-15(20)19(18,11-23)17(24)26-20/h4-5,12-16,24H,1-3,6-8H2. The molecule has 4 fully saturated rings. The largest absolute Gasteiger partial charge is 0.447 e.